The lowest BCUT2D eigenvalue weighted by atomic mass is 10.1. The minimum absolute atomic E-state index is 1.10. The highest BCUT2D eigenvalue weighted by atomic mass is 32.2. The molecule has 1 heteroatoms. The Kier molecular flexibility index (Phi) is 5.38. The first-order valence-corrected chi connectivity index (χ1v) is 8.18. The number of hydrogen-bond acceptors (Lipinski definition) is 1. The van der Waals surface area contributed by atoms with Crippen LogP contribution < -0.4 is 0 Å². The molecule has 0 aromatic heterocycles. The maximum absolute atomic E-state index is 2.23. The van der Waals surface area contributed by atoms with Crippen LogP contribution >= 0.6 is 11.8 Å². The summed E-state index contributed by atoms with van der Waals surface area (Å²) < 4.78 is 0. The molecule has 15 heavy (non-hydrogen) atoms. The topological polar surface area (TPSA) is 0 Å². The van der Waals surface area contributed by atoms with Gasteiger partial charge in [-0.1, -0.05) is 51.4 Å². The lowest BCUT2D eigenvalue weighted by molar-refractivity contribution is 0.529. The molecule has 2 aliphatic carbocycles. The third kappa shape index (κ3) is 4.38. The van der Waals surface area contributed by atoms with Crippen molar-refractivity contribution in [3.63, 3.8) is 0 Å². The van der Waals surface area contributed by atoms with Crippen molar-refractivity contribution < 1.29 is 0 Å². The van der Waals surface area contributed by atoms with Gasteiger partial charge in [-0.15, -0.1) is 0 Å². The summed E-state index contributed by atoms with van der Waals surface area (Å²) in [5.74, 6) is 5.09. The van der Waals surface area contributed by atoms with Crippen molar-refractivity contribution >= 4 is 11.8 Å². The molecule has 0 amide bonds. The van der Waals surface area contributed by atoms with E-state index in [1.807, 2.05) is 0 Å². The lowest BCUT2D eigenvalue weighted by Gasteiger charge is -2.10. The van der Waals surface area contributed by atoms with Crippen LogP contribution in [0.3, 0.4) is 0 Å². The molecule has 0 nitrogen and oxygen atoms in total. The molecule has 0 heterocycles. The minimum atomic E-state index is 1.10. The average Bonchev–Trinajstić information content (AvgIpc) is 2.88. The molecule has 0 aromatic rings. The van der Waals surface area contributed by atoms with Gasteiger partial charge in [-0.3, -0.25) is 0 Å². The van der Waals surface area contributed by atoms with Crippen molar-refractivity contribution in [3.05, 3.63) is 0 Å². The Bertz CT molecular complexity index is 137. The highest BCUT2D eigenvalue weighted by molar-refractivity contribution is 7.99. The summed E-state index contributed by atoms with van der Waals surface area (Å²) in [6, 6.07) is 0. The number of thioether (sulfide) groups is 1. The van der Waals surface area contributed by atoms with E-state index in [0.717, 1.165) is 11.8 Å². The van der Waals surface area contributed by atoms with Crippen LogP contribution in [0.15, 0.2) is 0 Å². The summed E-state index contributed by atoms with van der Waals surface area (Å²) in [4.78, 5) is 0. The second-order valence-electron chi connectivity index (χ2n) is 5.49. The van der Waals surface area contributed by atoms with Gasteiger partial charge in [0.05, 0.1) is 0 Å². The fourth-order valence-electron chi connectivity index (χ4n) is 3.20. The van der Waals surface area contributed by atoms with Crippen molar-refractivity contribution in [2.24, 2.45) is 11.8 Å². The van der Waals surface area contributed by atoms with E-state index in [4.69, 9.17) is 0 Å². The zero-order valence-electron chi connectivity index (χ0n) is 10.0. The van der Waals surface area contributed by atoms with E-state index in [1.54, 1.807) is 0 Å². The molecule has 0 unspecified atom stereocenters. The van der Waals surface area contributed by atoms with Gasteiger partial charge in [0.1, 0.15) is 0 Å². The van der Waals surface area contributed by atoms with Crippen LogP contribution in [0.2, 0.25) is 0 Å². The molecular formula is C14H26S. The molecule has 0 aliphatic heterocycles. The predicted octanol–water partition coefficient (Wildman–Crippen LogP) is 4.88. The second-order valence-corrected chi connectivity index (χ2v) is 6.72. The fourth-order valence-corrected chi connectivity index (χ4v) is 4.40. The highest BCUT2D eigenvalue weighted by Gasteiger charge is 2.15. The van der Waals surface area contributed by atoms with E-state index in [0.29, 0.717) is 0 Å². The molecule has 2 rings (SSSR count). The summed E-state index contributed by atoms with van der Waals surface area (Å²) in [7, 11) is 0. The SMILES string of the molecule is C1CCC(CCSCCC2CCCC2)C1. The van der Waals surface area contributed by atoms with Gasteiger partial charge in [0.2, 0.25) is 0 Å². The molecule has 2 fully saturated rings. The minimum Gasteiger partial charge on any atom is -0.162 e. The van der Waals surface area contributed by atoms with Gasteiger partial charge in [0.25, 0.3) is 0 Å². The summed E-state index contributed by atoms with van der Waals surface area (Å²) >= 11 is 2.23. The highest BCUT2D eigenvalue weighted by Crippen LogP contribution is 2.30. The van der Waals surface area contributed by atoms with Crippen molar-refractivity contribution in [1.82, 2.24) is 0 Å². The van der Waals surface area contributed by atoms with E-state index >= 15 is 0 Å². The Morgan fingerprint density at radius 1 is 0.667 bits per heavy atom. The van der Waals surface area contributed by atoms with Gasteiger partial charge in [-0.05, 0) is 36.2 Å². The van der Waals surface area contributed by atoms with E-state index in [1.165, 1.54) is 75.7 Å². The van der Waals surface area contributed by atoms with E-state index < -0.39 is 0 Å². The number of hydrogen-bond donors (Lipinski definition) is 0. The molecule has 0 aromatic carbocycles. The Hall–Kier alpha value is 0.350. The molecule has 0 spiro atoms. The summed E-state index contributed by atoms with van der Waals surface area (Å²) in [5, 5.41) is 0. The quantitative estimate of drug-likeness (QED) is 0.582. The maximum atomic E-state index is 2.23. The van der Waals surface area contributed by atoms with Gasteiger partial charge in [0.15, 0.2) is 0 Å². The normalized spacial score (nSPS) is 24.0. The van der Waals surface area contributed by atoms with Crippen molar-refractivity contribution in [1.29, 1.82) is 0 Å². The molecule has 2 saturated carbocycles. The van der Waals surface area contributed by atoms with Crippen molar-refractivity contribution in [2.45, 2.75) is 64.2 Å². The Balaban J connectivity index is 1.41. The van der Waals surface area contributed by atoms with Gasteiger partial charge in [-0.2, -0.15) is 11.8 Å². The lowest BCUT2D eigenvalue weighted by Crippen LogP contribution is -1.98. The molecule has 0 bridgehead atoms. The van der Waals surface area contributed by atoms with E-state index in [9.17, 15) is 0 Å². The molecule has 0 radical (unpaired) electrons. The first kappa shape index (κ1) is 11.8. The first-order chi connectivity index (χ1) is 7.45. The summed E-state index contributed by atoms with van der Waals surface area (Å²) in [5.41, 5.74) is 0. The third-order valence-corrected chi connectivity index (χ3v) is 5.34. The smallest absolute Gasteiger partial charge is 0.00649 e. The fraction of sp³-hybridized carbons (Fsp3) is 1.00. The molecule has 0 atom stereocenters. The standard InChI is InChI=1S/C14H26S/c1-2-6-13(5-1)9-11-15-12-10-14-7-3-4-8-14/h13-14H,1-12H2. The van der Waals surface area contributed by atoms with E-state index in [2.05, 4.69) is 11.8 Å². The van der Waals surface area contributed by atoms with Crippen LogP contribution in [0.4, 0.5) is 0 Å². The largest absolute Gasteiger partial charge is 0.162 e. The van der Waals surface area contributed by atoms with Gasteiger partial charge >= 0.3 is 0 Å². The van der Waals surface area contributed by atoms with Crippen molar-refractivity contribution in [2.75, 3.05) is 11.5 Å². The Morgan fingerprint density at radius 3 is 1.47 bits per heavy atom. The third-order valence-electron chi connectivity index (χ3n) is 4.29. The van der Waals surface area contributed by atoms with Crippen LogP contribution in [0.25, 0.3) is 0 Å². The van der Waals surface area contributed by atoms with Gasteiger partial charge in [0, 0.05) is 0 Å². The molecule has 2 aliphatic rings. The number of rotatable bonds is 6. The van der Waals surface area contributed by atoms with Crippen LogP contribution in [-0.2, 0) is 0 Å². The van der Waals surface area contributed by atoms with Gasteiger partial charge < -0.3 is 0 Å². The van der Waals surface area contributed by atoms with Crippen LogP contribution in [0.1, 0.15) is 64.2 Å². The Morgan fingerprint density at radius 2 is 1.07 bits per heavy atom. The summed E-state index contributed by atoms with van der Waals surface area (Å²) in [6.07, 6.45) is 15.2. The first-order valence-electron chi connectivity index (χ1n) is 7.03. The maximum Gasteiger partial charge on any atom is -0.00649 e. The summed E-state index contributed by atoms with van der Waals surface area (Å²) in [6.45, 7) is 0. The molecule has 88 valence electrons. The van der Waals surface area contributed by atoms with Crippen molar-refractivity contribution in [3.8, 4) is 0 Å². The van der Waals surface area contributed by atoms with Crippen LogP contribution in [0.5, 0.6) is 0 Å². The predicted molar refractivity (Wildman–Crippen MR) is 70.5 cm³/mol. The zero-order valence-corrected chi connectivity index (χ0v) is 10.9. The van der Waals surface area contributed by atoms with Crippen LogP contribution in [-0.4, -0.2) is 11.5 Å². The second kappa shape index (κ2) is 6.83. The van der Waals surface area contributed by atoms with Crippen LogP contribution in [0, 0.1) is 11.8 Å². The monoisotopic (exact) mass is 226 g/mol. The molecular weight excluding hydrogens is 200 g/mol. The zero-order chi connectivity index (χ0) is 10.3. The molecule has 0 N–H and O–H groups in total. The Labute approximate surface area is 99.6 Å². The molecule has 0 saturated heterocycles. The van der Waals surface area contributed by atoms with E-state index in [-0.39, 0.29) is 0 Å². The van der Waals surface area contributed by atoms with Gasteiger partial charge in [-0.25, -0.2) is 0 Å². The average molecular weight is 226 g/mol.